The molecule has 19 heavy (non-hydrogen) atoms. The maximum atomic E-state index is 11.9. The standard InChI is InChI=1S/C11H13ClN6O/c1-18-6-15-17-9(18)4-5-14-11(19)10-7(12)2-3-8(13)16-10/h2-3,6H,4-5H2,1H3,(H2,13,16)(H,14,19). The van der Waals surface area contributed by atoms with Gasteiger partial charge in [0, 0.05) is 20.0 Å². The van der Waals surface area contributed by atoms with Crippen molar-refractivity contribution >= 4 is 23.3 Å². The monoisotopic (exact) mass is 280 g/mol. The molecule has 0 aliphatic rings. The van der Waals surface area contributed by atoms with Crippen LogP contribution in [0.1, 0.15) is 16.3 Å². The second-order valence-electron chi connectivity index (χ2n) is 3.93. The zero-order valence-electron chi connectivity index (χ0n) is 10.3. The summed E-state index contributed by atoms with van der Waals surface area (Å²) in [6.45, 7) is 0.415. The fourth-order valence-corrected chi connectivity index (χ4v) is 1.71. The first-order chi connectivity index (χ1) is 9.08. The second-order valence-corrected chi connectivity index (χ2v) is 4.34. The Labute approximate surface area is 114 Å². The molecule has 0 unspecified atom stereocenters. The van der Waals surface area contributed by atoms with E-state index in [1.54, 1.807) is 23.0 Å². The summed E-state index contributed by atoms with van der Waals surface area (Å²) in [4.78, 5) is 15.8. The van der Waals surface area contributed by atoms with E-state index in [9.17, 15) is 4.79 Å². The Morgan fingerprint density at radius 1 is 1.53 bits per heavy atom. The maximum Gasteiger partial charge on any atom is 0.271 e. The van der Waals surface area contributed by atoms with Crippen molar-refractivity contribution in [1.82, 2.24) is 25.1 Å². The number of amides is 1. The third-order valence-corrected chi connectivity index (χ3v) is 2.83. The van der Waals surface area contributed by atoms with Crippen molar-refractivity contribution in [3.05, 3.63) is 35.0 Å². The molecule has 100 valence electrons. The van der Waals surface area contributed by atoms with E-state index >= 15 is 0 Å². The van der Waals surface area contributed by atoms with Gasteiger partial charge in [-0.15, -0.1) is 10.2 Å². The van der Waals surface area contributed by atoms with Crippen molar-refractivity contribution in [2.75, 3.05) is 12.3 Å². The molecule has 0 atom stereocenters. The zero-order valence-corrected chi connectivity index (χ0v) is 11.1. The number of hydrogen-bond acceptors (Lipinski definition) is 5. The van der Waals surface area contributed by atoms with Gasteiger partial charge in [-0.05, 0) is 12.1 Å². The largest absolute Gasteiger partial charge is 0.384 e. The van der Waals surface area contributed by atoms with Crippen LogP contribution in [0.2, 0.25) is 5.02 Å². The summed E-state index contributed by atoms with van der Waals surface area (Å²) in [7, 11) is 1.84. The van der Waals surface area contributed by atoms with E-state index in [0.717, 1.165) is 5.82 Å². The van der Waals surface area contributed by atoms with E-state index < -0.39 is 0 Å². The number of nitrogen functional groups attached to an aromatic ring is 1. The number of halogens is 1. The molecular formula is C11H13ClN6O. The van der Waals surface area contributed by atoms with E-state index in [0.29, 0.717) is 13.0 Å². The lowest BCUT2D eigenvalue weighted by atomic mass is 10.3. The molecule has 0 radical (unpaired) electrons. The molecular weight excluding hydrogens is 268 g/mol. The molecule has 8 heteroatoms. The predicted molar refractivity (Wildman–Crippen MR) is 70.7 cm³/mol. The number of carbonyl (C=O) groups excluding carboxylic acids is 1. The van der Waals surface area contributed by atoms with Crippen LogP contribution in [0, 0.1) is 0 Å². The average Bonchev–Trinajstić information content (AvgIpc) is 2.78. The first-order valence-electron chi connectivity index (χ1n) is 5.61. The third kappa shape index (κ3) is 3.19. The molecule has 2 rings (SSSR count). The van der Waals surface area contributed by atoms with Crippen LogP contribution < -0.4 is 11.1 Å². The number of pyridine rings is 1. The number of hydrogen-bond donors (Lipinski definition) is 2. The minimum absolute atomic E-state index is 0.125. The highest BCUT2D eigenvalue weighted by atomic mass is 35.5. The topological polar surface area (TPSA) is 98.7 Å². The Morgan fingerprint density at radius 3 is 3.00 bits per heavy atom. The number of carbonyl (C=O) groups is 1. The molecule has 0 saturated carbocycles. The van der Waals surface area contributed by atoms with Crippen LogP contribution >= 0.6 is 11.6 Å². The summed E-state index contributed by atoms with van der Waals surface area (Å²) in [6.07, 6.45) is 2.18. The van der Waals surface area contributed by atoms with Gasteiger partial charge in [0.1, 0.15) is 23.7 Å². The Hall–Kier alpha value is -2.15. The molecule has 0 aliphatic heterocycles. The molecule has 2 aromatic heterocycles. The number of nitrogens with two attached hydrogens (primary N) is 1. The van der Waals surface area contributed by atoms with Gasteiger partial charge in [-0.3, -0.25) is 4.79 Å². The molecule has 0 saturated heterocycles. The third-order valence-electron chi connectivity index (χ3n) is 2.52. The van der Waals surface area contributed by atoms with Gasteiger partial charge in [-0.1, -0.05) is 11.6 Å². The smallest absolute Gasteiger partial charge is 0.271 e. The molecule has 0 bridgehead atoms. The zero-order chi connectivity index (χ0) is 13.8. The Kier molecular flexibility index (Phi) is 3.96. The van der Waals surface area contributed by atoms with E-state index in [2.05, 4.69) is 20.5 Å². The van der Waals surface area contributed by atoms with E-state index in [-0.39, 0.29) is 22.4 Å². The number of nitrogens with one attached hydrogen (secondary N) is 1. The molecule has 7 nitrogen and oxygen atoms in total. The Balaban J connectivity index is 1.94. The summed E-state index contributed by atoms with van der Waals surface area (Å²) in [5.41, 5.74) is 5.64. The van der Waals surface area contributed by atoms with Gasteiger partial charge < -0.3 is 15.6 Å². The van der Waals surface area contributed by atoms with Crippen molar-refractivity contribution in [3.63, 3.8) is 0 Å². The average molecular weight is 281 g/mol. The highest BCUT2D eigenvalue weighted by Crippen LogP contribution is 2.14. The summed E-state index contributed by atoms with van der Waals surface area (Å²) in [5.74, 6) is 0.675. The van der Waals surface area contributed by atoms with Gasteiger partial charge in [0.15, 0.2) is 0 Å². The molecule has 1 amide bonds. The normalized spacial score (nSPS) is 10.4. The highest BCUT2D eigenvalue weighted by molar-refractivity contribution is 6.33. The van der Waals surface area contributed by atoms with E-state index in [1.807, 2.05) is 7.05 Å². The van der Waals surface area contributed by atoms with E-state index in [1.165, 1.54) is 0 Å². The molecule has 0 spiro atoms. The van der Waals surface area contributed by atoms with Crippen LogP contribution in [0.4, 0.5) is 5.82 Å². The molecule has 0 fully saturated rings. The lowest BCUT2D eigenvalue weighted by Crippen LogP contribution is -2.27. The van der Waals surface area contributed by atoms with Gasteiger partial charge in [-0.2, -0.15) is 0 Å². The molecule has 2 aromatic rings. The molecule has 2 heterocycles. The lowest BCUT2D eigenvalue weighted by molar-refractivity contribution is 0.0949. The van der Waals surface area contributed by atoms with E-state index in [4.69, 9.17) is 17.3 Å². The summed E-state index contributed by atoms with van der Waals surface area (Å²) >= 11 is 5.89. The van der Waals surface area contributed by atoms with Crippen molar-refractivity contribution < 1.29 is 4.79 Å². The number of aryl methyl sites for hydroxylation is 1. The fraction of sp³-hybridized carbons (Fsp3) is 0.273. The number of aromatic nitrogens is 4. The molecule has 0 aliphatic carbocycles. The highest BCUT2D eigenvalue weighted by Gasteiger charge is 2.12. The van der Waals surface area contributed by atoms with Crippen molar-refractivity contribution in [1.29, 1.82) is 0 Å². The van der Waals surface area contributed by atoms with Crippen LogP contribution in [0.5, 0.6) is 0 Å². The van der Waals surface area contributed by atoms with Gasteiger partial charge in [0.2, 0.25) is 0 Å². The van der Waals surface area contributed by atoms with Crippen LogP contribution in [-0.2, 0) is 13.5 Å². The predicted octanol–water partition coefficient (Wildman–Crippen LogP) is 0.418. The van der Waals surface area contributed by atoms with Gasteiger partial charge in [-0.25, -0.2) is 4.98 Å². The number of nitrogens with zero attached hydrogens (tertiary/aromatic N) is 4. The summed E-state index contributed by atoms with van der Waals surface area (Å²) in [5, 5.41) is 10.6. The van der Waals surface area contributed by atoms with Crippen molar-refractivity contribution in [2.45, 2.75) is 6.42 Å². The van der Waals surface area contributed by atoms with Gasteiger partial charge >= 0.3 is 0 Å². The Morgan fingerprint density at radius 2 is 2.32 bits per heavy atom. The van der Waals surface area contributed by atoms with Crippen LogP contribution in [0.25, 0.3) is 0 Å². The Bertz CT molecular complexity index is 597. The van der Waals surface area contributed by atoms with Crippen LogP contribution in [-0.4, -0.2) is 32.2 Å². The van der Waals surface area contributed by atoms with Crippen LogP contribution in [0.3, 0.4) is 0 Å². The quantitative estimate of drug-likeness (QED) is 0.845. The lowest BCUT2D eigenvalue weighted by Gasteiger charge is -2.06. The van der Waals surface area contributed by atoms with Gasteiger partial charge in [0.25, 0.3) is 5.91 Å². The second kappa shape index (κ2) is 5.66. The molecule has 0 aromatic carbocycles. The number of anilines is 1. The van der Waals surface area contributed by atoms with Crippen molar-refractivity contribution in [3.8, 4) is 0 Å². The van der Waals surface area contributed by atoms with Crippen molar-refractivity contribution in [2.24, 2.45) is 7.05 Å². The molecule has 3 N–H and O–H groups in total. The number of rotatable bonds is 4. The van der Waals surface area contributed by atoms with Gasteiger partial charge in [0.05, 0.1) is 5.02 Å². The minimum Gasteiger partial charge on any atom is -0.384 e. The fourth-order valence-electron chi connectivity index (χ4n) is 1.52. The van der Waals surface area contributed by atoms with Crippen LogP contribution in [0.15, 0.2) is 18.5 Å². The maximum absolute atomic E-state index is 11.9. The first-order valence-corrected chi connectivity index (χ1v) is 5.99. The first kappa shape index (κ1) is 13.3. The minimum atomic E-state index is -0.362. The summed E-state index contributed by atoms with van der Waals surface area (Å²) < 4.78 is 1.79. The SMILES string of the molecule is Cn1cnnc1CCNC(=O)c1nc(N)ccc1Cl. The summed E-state index contributed by atoms with van der Waals surface area (Å²) in [6, 6.07) is 3.08.